The zero-order valence-electron chi connectivity index (χ0n) is 14.3. The summed E-state index contributed by atoms with van der Waals surface area (Å²) in [4.78, 5) is 0. The Kier molecular flexibility index (Phi) is 5.75. The first kappa shape index (κ1) is 17.3. The molecule has 2 aromatic carbocycles. The molecule has 24 heavy (non-hydrogen) atoms. The van der Waals surface area contributed by atoms with Crippen LogP contribution < -0.4 is 18.9 Å². The molecule has 4 heteroatoms. The summed E-state index contributed by atoms with van der Waals surface area (Å²) in [6.45, 7) is 4.05. The fourth-order valence-corrected chi connectivity index (χ4v) is 2.32. The van der Waals surface area contributed by atoms with Crippen LogP contribution >= 0.6 is 0 Å². The highest BCUT2D eigenvalue weighted by Crippen LogP contribution is 2.34. The van der Waals surface area contributed by atoms with Gasteiger partial charge in [0.1, 0.15) is 28.6 Å². The normalized spacial score (nSPS) is 9.50. The smallest absolute Gasteiger partial charge is 0.138 e. The van der Waals surface area contributed by atoms with Crippen molar-refractivity contribution in [2.75, 3.05) is 28.4 Å². The van der Waals surface area contributed by atoms with Crippen LogP contribution in [0.4, 0.5) is 0 Å². The van der Waals surface area contributed by atoms with Crippen LogP contribution in [0.25, 0.3) is 5.57 Å². The van der Waals surface area contributed by atoms with Crippen LogP contribution in [0.15, 0.2) is 43.0 Å². The molecule has 0 aliphatic rings. The molecular weight excluding hydrogens is 304 g/mol. The number of allylic oxidation sites excluding steroid dienone is 1. The van der Waals surface area contributed by atoms with Gasteiger partial charge in [-0.2, -0.15) is 0 Å². The average Bonchev–Trinajstić information content (AvgIpc) is 2.64. The lowest BCUT2D eigenvalue weighted by Crippen LogP contribution is -1.95. The Morgan fingerprint density at radius 2 is 1.17 bits per heavy atom. The Hall–Kier alpha value is -3.06. The summed E-state index contributed by atoms with van der Waals surface area (Å²) in [5, 5.41) is 0. The molecule has 124 valence electrons. The molecule has 2 aromatic rings. The average molecular weight is 324 g/mol. The molecule has 0 saturated carbocycles. The van der Waals surface area contributed by atoms with E-state index in [1.807, 2.05) is 36.4 Å². The first-order valence-corrected chi connectivity index (χ1v) is 7.29. The lowest BCUT2D eigenvalue weighted by Gasteiger charge is -2.12. The standard InChI is InChI=1S/C20H20O4/c1-14(20-18(23-4)10-7-11-19(20)24-5)12-13-15-16(21-2)8-6-9-17(15)22-3/h6-11H,1H2,2-5H3. The fraction of sp³-hybridized carbons (Fsp3) is 0.200. The number of benzene rings is 2. The first-order valence-electron chi connectivity index (χ1n) is 7.29. The topological polar surface area (TPSA) is 36.9 Å². The van der Waals surface area contributed by atoms with E-state index in [-0.39, 0.29) is 0 Å². The molecule has 0 saturated heterocycles. The molecule has 2 rings (SSSR count). The largest absolute Gasteiger partial charge is 0.496 e. The zero-order chi connectivity index (χ0) is 17.5. The van der Waals surface area contributed by atoms with Gasteiger partial charge in [-0.25, -0.2) is 0 Å². The minimum atomic E-state index is 0.581. The van der Waals surface area contributed by atoms with Crippen LogP contribution in [0.5, 0.6) is 23.0 Å². The third kappa shape index (κ3) is 3.47. The SMILES string of the molecule is C=C(C#Cc1c(OC)cccc1OC)c1c(OC)cccc1OC. The van der Waals surface area contributed by atoms with Crippen LogP contribution in [0.1, 0.15) is 11.1 Å². The Balaban J connectivity index is 2.49. The number of hydrogen-bond acceptors (Lipinski definition) is 4. The van der Waals surface area contributed by atoms with E-state index < -0.39 is 0 Å². The van der Waals surface area contributed by atoms with Crippen LogP contribution in [-0.4, -0.2) is 28.4 Å². The van der Waals surface area contributed by atoms with Crippen molar-refractivity contribution in [2.45, 2.75) is 0 Å². The Bertz CT molecular complexity index is 753. The van der Waals surface area contributed by atoms with E-state index in [9.17, 15) is 0 Å². The molecule has 0 atom stereocenters. The minimum Gasteiger partial charge on any atom is -0.496 e. The molecule has 0 aliphatic heterocycles. The molecule has 0 aromatic heterocycles. The maximum atomic E-state index is 5.39. The van der Waals surface area contributed by atoms with E-state index in [1.165, 1.54) is 0 Å². The molecular formula is C20H20O4. The number of hydrogen-bond donors (Lipinski definition) is 0. The van der Waals surface area contributed by atoms with Crippen molar-refractivity contribution in [3.8, 4) is 34.8 Å². The van der Waals surface area contributed by atoms with Gasteiger partial charge >= 0.3 is 0 Å². The molecule has 0 amide bonds. The van der Waals surface area contributed by atoms with E-state index in [0.717, 1.165) is 5.56 Å². The lowest BCUT2D eigenvalue weighted by atomic mass is 10.0. The predicted octanol–water partition coefficient (Wildman–Crippen LogP) is 3.79. The van der Waals surface area contributed by atoms with Crippen LogP contribution in [-0.2, 0) is 0 Å². The van der Waals surface area contributed by atoms with Crippen molar-refractivity contribution in [2.24, 2.45) is 0 Å². The fourth-order valence-electron chi connectivity index (χ4n) is 2.32. The van der Waals surface area contributed by atoms with Crippen molar-refractivity contribution in [1.29, 1.82) is 0 Å². The van der Waals surface area contributed by atoms with Gasteiger partial charge in [-0.05, 0) is 24.3 Å². The summed E-state index contributed by atoms with van der Waals surface area (Å²) in [6.07, 6.45) is 0. The second-order valence-corrected chi connectivity index (χ2v) is 4.80. The molecule has 0 heterocycles. The van der Waals surface area contributed by atoms with Gasteiger partial charge in [-0.15, -0.1) is 0 Å². The molecule has 0 N–H and O–H groups in total. The summed E-state index contributed by atoms with van der Waals surface area (Å²) < 4.78 is 21.5. The van der Waals surface area contributed by atoms with Crippen LogP contribution in [0.3, 0.4) is 0 Å². The highest BCUT2D eigenvalue weighted by atomic mass is 16.5. The zero-order valence-corrected chi connectivity index (χ0v) is 14.3. The summed E-state index contributed by atoms with van der Waals surface area (Å²) in [5.74, 6) is 8.71. The van der Waals surface area contributed by atoms with Crippen LogP contribution in [0.2, 0.25) is 0 Å². The molecule has 0 unspecified atom stereocenters. The van der Waals surface area contributed by atoms with E-state index in [2.05, 4.69) is 18.4 Å². The van der Waals surface area contributed by atoms with E-state index in [0.29, 0.717) is 34.1 Å². The molecule has 0 fully saturated rings. The van der Waals surface area contributed by atoms with Gasteiger partial charge in [0.2, 0.25) is 0 Å². The van der Waals surface area contributed by atoms with Gasteiger partial charge in [-0.1, -0.05) is 30.6 Å². The van der Waals surface area contributed by atoms with Gasteiger partial charge in [0.15, 0.2) is 0 Å². The molecule has 0 bridgehead atoms. The minimum absolute atomic E-state index is 0.581. The third-order valence-electron chi connectivity index (χ3n) is 3.50. The third-order valence-corrected chi connectivity index (χ3v) is 3.50. The second kappa shape index (κ2) is 7.98. The Morgan fingerprint density at radius 3 is 1.58 bits per heavy atom. The highest BCUT2D eigenvalue weighted by Gasteiger charge is 2.12. The quantitative estimate of drug-likeness (QED) is 0.784. The van der Waals surface area contributed by atoms with Gasteiger partial charge in [0.05, 0.1) is 34.0 Å². The molecule has 0 spiro atoms. The second-order valence-electron chi connectivity index (χ2n) is 4.80. The van der Waals surface area contributed by atoms with Crippen molar-refractivity contribution < 1.29 is 18.9 Å². The number of ether oxygens (including phenoxy) is 4. The molecule has 0 aliphatic carbocycles. The summed E-state index contributed by atoms with van der Waals surface area (Å²) in [5.41, 5.74) is 1.97. The van der Waals surface area contributed by atoms with Crippen molar-refractivity contribution in [3.63, 3.8) is 0 Å². The maximum Gasteiger partial charge on any atom is 0.138 e. The lowest BCUT2D eigenvalue weighted by molar-refractivity contribution is 0.392. The number of rotatable bonds is 5. The maximum absolute atomic E-state index is 5.39. The first-order chi connectivity index (χ1) is 11.7. The van der Waals surface area contributed by atoms with Gasteiger partial charge in [0.25, 0.3) is 0 Å². The van der Waals surface area contributed by atoms with Crippen molar-refractivity contribution in [3.05, 3.63) is 54.1 Å². The summed E-state index contributed by atoms with van der Waals surface area (Å²) >= 11 is 0. The monoisotopic (exact) mass is 324 g/mol. The Morgan fingerprint density at radius 1 is 0.750 bits per heavy atom. The van der Waals surface area contributed by atoms with Crippen molar-refractivity contribution >= 4 is 5.57 Å². The van der Waals surface area contributed by atoms with E-state index in [4.69, 9.17) is 18.9 Å². The Labute approximate surface area is 142 Å². The van der Waals surface area contributed by atoms with Gasteiger partial charge < -0.3 is 18.9 Å². The van der Waals surface area contributed by atoms with Gasteiger partial charge in [0, 0.05) is 5.57 Å². The summed E-state index contributed by atoms with van der Waals surface area (Å²) in [6, 6.07) is 11.0. The van der Waals surface area contributed by atoms with E-state index >= 15 is 0 Å². The molecule has 0 radical (unpaired) electrons. The highest BCUT2D eigenvalue weighted by molar-refractivity contribution is 5.85. The predicted molar refractivity (Wildman–Crippen MR) is 95.0 cm³/mol. The van der Waals surface area contributed by atoms with Crippen LogP contribution in [0, 0.1) is 11.8 Å². The van der Waals surface area contributed by atoms with Gasteiger partial charge in [-0.3, -0.25) is 0 Å². The van der Waals surface area contributed by atoms with Crippen molar-refractivity contribution in [1.82, 2.24) is 0 Å². The molecule has 4 nitrogen and oxygen atoms in total. The number of methoxy groups -OCH3 is 4. The van der Waals surface area contributed by atoms with E-state index in [1.54, 1.807) is 28.4 Å². The summed E-state index contributed by atoms with van der Waals surface area (Å²) in [7, 11) is 6.39.